The van der Waals surface area contributed by atoms with Crippen molar-refractivity contribution < 1.29 is 4.74 Å². The molecule has 0 aliphatic carbocycles. The Balaban J connectivity index is 1.83. The van der Waals surface area contributed by atoms with Crippen molar-refractivity contribution in [3.63, 3.8) is 0 Å². The molecule has 1 unspecified atom stereocenters. The van der Waals surface area contributed by atoms with Gasteiger partial charge in [-0.3, -0.25) is 4.90 Å². The van der Waals surface area contributed by atoms with Crippen molar-refractivity contribution in [3.8, 4) is 0 Å². The minimum Gasteiger partial charge on any atom is -0.365 e. The van der Waals surface area contributed by atoms with E-state index in [-0.39, 0.29) is 0 Å². The number of morpholine rings is 1. The highest BCUT2D eigenvalue weighted by Gasteiger charge is 2.25. The van der Waals surface area contributed by atoms with Crippen molar-refractivity contribution in [2.45, 2.75) is 23.0 Å². The van der Waals surface area contributed by atoms with E-state index in [9.17, 15) is 0 Å². The number of nitrogens with one attached hydrogen (secondary N) is 1. The smallest absolute Gasteiger partial charge is 0.121 e. The lowest BCUT2D eigenvalue weighted by Crippen LogP contribution is -2.49. The van der Waals surface area contributed by atoms with E-state index in [4.69, 9.17) is 4.74 Å². The summed E-state index contributed by atoms with van der Waals surface area (Å²) in [5.74, 6) is 0. The van der Waals surface area contributed by atoms with Gasteiger partial charge in [-0.2, -0.15) is 0 Å². The lowest BCUT2D eigenvalue weighted by molar-refractivity contribution is 0.000729. The highest BCUT2D eigenvalue weighted by atomic mass is 127. The highest BCUT2D eigenvalue weighted by Crippen LogP contribution is 2.18. The molecule has 0 radical (unpaired) electrons. The molecule has 0 saturated carbocycles. The average molecular weight is 296 g/mol. The van der Waals surface area contributed by atoms with Gasteiger partial charge in [-0.1, -0.05) is 0 Å². The summed E-state index contributed by atoms with van der Waals surface area (Å²) in [6.45, 7) is 5.54. The largest absolute Gasteiger partial charge is 0.365 e. The van der Waals surface area contributed by atoms with Crippen LogP contribution in [0.1, 0.15) is 12.8 Å². The molecule has 2 aliphatic rings. The molecule has 13 heavy (non-hydrogen) atoms. The van der Waals surface area contributed by atoms with Crippen molar-refractivity contribution in [1.82, 2.24) is 10.2 Å². The van der Waals surface area contributed by atoms with Crippen LogP contribution in [0.25, 0.3) is 0 Å². The lowest BCUT2D eigenvalue weighted by Gasteiger charge is -2.38. The number of alkyl halides is 1. The topological polar surface area (TPSA) is 24.5 Å². The summed E-state index contributed by atoms with van der Waals surface area (Å²) in [4.78, 5) is 2.60. The van der Waals surface area contributed by atoms with Gasteiger partial charge in [0.1, 0.15) is 4.11 Å². The van der Waals surface area contributed by atoms with Gasteiger partial charge in [-0.05, 0) is 48.5 Å². The minimum atomic E-state index is 0.404. The summed E-state index contributed by atoms with van der Waals surface area (Å²) in [7, 11) is 0. The van der Waals surface area contributed by atoms with Crippen molar-refractivity contribution in [2.24, 2.45) is 0 Å². The third kappa shape index (κ3) is 2.78. The molecule has 0 aromatic heterocycles. The molecule has 1 atom stereocenters. The second-order valence-corrected chi connectivity index (χ2v) is 5.15. The Labute approximate surface area is 93.3 Å². The summed E-state index contributed by atoms with van der Waals surface area (Å²) >= 11 is 2.39. The molecular weight excluding hydrogens is 279 g/mol. The zero-order chi connectivity index (χ0) is 9.10. The Morgan fingerprint density at radius 2 is 2.08 bits per heavy atom. The number of hydrogen-bond donors (Lipinski definition) is 1. The van der Waals surface area contributed by atoms with Gasteiger partial charge in [-0.15, -0.1) is 0 Å². The number of nitrogens with zero attached hydrogens (tertiary/aromatic N) is 1. The maximum atomic E-state index is 5.53. The minimum absolute atomic E-state index is 0.404. The van der Waals surface area contributed by atoms with Crippen LogP contribution in [0.3, 0.4) is 0 Å². The molecule has 4 heteroatoms. The fourth-order valence-corrected chi connectivity index (χ4v) is 2.89. The normalized spacial score (nSPS) is 33.5. The number of halogens is 1. The maximum Gasteiger partial charge on any atom is 0.121 e. The summed E-state index contributed by atoms with van der Waals surface area (Å²) in [6.07, 6.45) is 2.62. The van der Waals surface area contributed by atoms with Gasteiger partial charge < -0.3 is 10.1 Å². The summed E-state index contributed by atoms with van der Waals surface area (Å²) in [5.41, 5.74) is 0. The van der Waals surface area contributed by atoms with Gasteiger partial charge >= 0.3 is 0 Å². The second kappa shape index (κ2) is 4.91. The number of rotatable bonds is 1. The van der Waals surface area contributed by atoms with Gasteiger partial charge in [0.25, 0.3) is 0 Å². The van der Waals surface area contributed by atoms with Gasteiger partial charge in [0, 0.05) is 19.1 Å². The van der Waals surface area contributed by atoms with Gasteiger partial charge in [0.2, 0.25) is 0 Å². The molecule has 1 N–H and O–H groups in total. The van der Waals surface area contributed by atoms with Crippen LogP contribution in [-0.4, -0.2) is 47.8 Å². The van der Waals surface area contributed by atoms with Crippen LogP contribution in [0.4, 0.5) is 0 Å². The highest BCUT2D eigenvalue weighted by molar-refractivity contribution is 14.1. The third-order valence-electron chi connectivity index (χ3n) is 2.88. The van der Waals surface area contributed by atoms with E-state index >= 15 is 0 Å². The summed E-state index contributed by atoms with van der Waals surface area (Å²) in [5, 5.41) is 3.41. The maximum absolute atomic E-state index is 5.53. The van der Waals surface area contributed by atoms with Crippen LogP contribution in [0.2, 0.25) is 0 Å². The van der Waals surface area contributed by atoms with E-state index in [1.807, 2.05) is 0 Å². The molecule has 0 aromatic rings. The van der Waals surface area contributed by atoms with E-state index in [2.05, 4.69) is 32.8 Å². The fraction of sp³-hybridized carbons (Fsp3) is 1.00. The van der Waals surface area contributed by atoms with E-state index in [0.717, 1.165) is 25.7 Å². The Hall–Kier alpha value is 0.610. The van der Waals surface area contributed by atoms with Crippen LogP contribution >= 0.6 is 22.6 Å². The SMILES string of the molecule is IC1CN(C2CCNCC2)CCO1. The van der Waals surface area contributed by atoms with E-state index < -0.39 is 0 Å². The standard InChI is InChI=1S/C9H17IN2O/c10-9-7-12(5-6-13-9)8-1-3-11-4-2-8/h8-9,11H,1-7H2. The molecule has 2 rings (SSSR count). The fourth-order valence-electron chi connectivity index (χ4n) is 2.13. The van der Waals surface area contributed by atoms with Crippen LogP contribution in [0.5, 0.6) is 0 Å². The molecule has 2 aliphatic heterocycles. The number of ether oxygens (including phenoxy) is 1. The van der Waals surface area contributed by atoms with Gasteiger partial charge in [-0.25, -0.2) is 0 Å². The summed E-state index contributed by atoms with van der Waals surface area (Å²) in [6, 6.07) is 0.808. The molecule has 2 fully saturated rings. The quantitative estimate of drug-likeness (QED) is 0.573. The predicted octanol–water partition coefficient (Wildman–Crippen LogP) is 0.832. The van der Waals surface area contributed by atoms with E-state index in [1.165, 1.54) is 25.9 Å². The van der Waals surface area contributed by atoms with Crippen molar-refractivity contribution in [2.75, 3.05) is 32.8 Å². The molecule has 2 heterocycles. The number of hydrogen-bond acceptors (Lipinski definition) is 3. The average Bonchev–Trinajstić information content (AvgIpc) is 2.19. The van der Waals surface area contributed by atoms with Gasteiger partial charge in [0.05, 0.1) is 6.61 Å². The van der Waals surface area contributed by atoms with Crippen LogP contribution in [-0.2, 0) is 4.74 Å². The Morgan fingerprint density at radius 1 is 1.31 bits per heavy atom. The van der Waals surface area contributed by atoms with Crippen molar-refractivity contribution in [3.05, 3.63) is 0 Å². The molecule has 3 nitrogen and oxygen atoms in total. The van der Waals surface area contributed by atoms with E-state index in [0.29, 0.717) is 4.11 Å². The third-order valence-corrected chi connectivity index (χ3v) is 3.63. The molecule has 0 bridgehead atoms. The summed E-state index contributed by atoms with van der Waals surface area (Å²) < 4.78 is 5.93. The first-order valence-corrected chi connectivity index (χ1v) is 6.31. The second-order valence-electron chi connectivity index (χ2n) is 3.76. The Bertz CT molecular complexity index is 162. The monoisotopic (exact) mass is 296 g/mol. The van der Waals surface area contributed by atoms with Crippen molar-refractivity contribution in [1.29, 1.82) is 0 Å². The zero-order valence-electron chi connectivity index (χ0n) is 7.84. The Morgan fingerprint density at radius 3 is 2.77 bits per heavy atom. The van der Waals surface area contributed by atoms with E-state index in [1.54, 1.807) is 0 Å². The van der Waals surface area contributed by atoms with Crippen molar-refractivity contribution >= 4 is 22.6 Å². The molecule has 76 valence electrons. The van der Waals surface area contributed by atoms with Crippen LogP contribution in [0, 0.1) is 0 Å². The lowest BCUT2D eigenvalue weighted by atomic mass is 10.0. The first-order chi connectivity index (χ1) is 6.36. The van der Waals surface area contributed by atoms with Crippen LogP contribution in [0.15, 0.2) is 0 Å². The molecule has 2 saturated heterocycles. The zero-order valence-corrected chi connectivity index (χ0v) is 10.00. The molecule has 0 aromatic carbocycles. The van der Waals surface area contributed by atoms with Gasteiger partial charge in [0.15, 0.2) is 0 Å². The predicted molar refractivity (Wildman–Crippen MR) is 61.2 cm³/mol. The van der Waals surface area contributed by atoms with Crippen LogP contribution < -0.4 is 5.32 Å². The Kier molecular flexibility index (Phi) is 3.83. The first-order valence-electron chi connectivity index (χ1n) is 5.07. The first kappa shape index (κ1) is 10.1. The number of piperidine rings is 1. The molecular formula is C9H17IN2O. The molecule has 0 amide bonds. The molecule has 0 spiro atoms.